The van der Waals surface area contributed by atoms with Gasteiger partial charge in [-0.1, -0.05) is 6.92 Å². The molecule has 1 aliphatic rings. The van der Waals surface area contributed by atoms with E-state index in [2.05, 4.69) is 22.0 Å². The van der Waals surface area contributed by atoms with Crippen molar-refractivity contribution in [1.29, 1.82) is 0 Å². The van der Waals surface area contributed by atoms with Crippen molar-refractivity contribution in [3.05, 3.63) is 30.9 Å². The number of hydrogen-bond acceptors (Lipinski definition) is 5. The van der Waals surface area contributed by atoms with Crippen molar-refractivity contribution in [2.75, 3.05) is 24.5 Å². The summed E-state index contributed by atoms with van der Waals surface area (Å²) in [5.74, 6) is 0.993. The first kappa shape index (κ1) is 15.1. The van der Waals surface area contributed by atoms with Gasteiger partial charge in [-0.2, -0.15) is 10.2 Å². The summed E-state index contributed by atoms with van der Waals surface area (Å²) in [5, 5.41) is 8.67. The number of nitrogens with two attached hydrogens (primary N) is 1. The summed E-state index contributed by atoms with van der Waals surface area (Å²) in [6.45, 7) is 4.96. The second-order valence-corrected chi connectivity index (χ2v) is 7.02. The lowest BCUT2D eigenvalue weighted by molar-refractivity contribution is 0.258. The molecule has 0 aromatic carbocycles. The van der Waals surface area contributed by atoms with Gasteiger partial charge in [0.25, 0.3) is 0 Å². The van der Waals surface area contributed by atoms with E-state index >= 15 is 0 Å². The van der Waals surface area contributed by atoms with Crippen LogP contribution in [0.3, 0.4) is 0 Å². The Morgan fingerprint density at radius 2 is 2.00 bits per heavy atom. The molecule has 0 radical (unpaired) electrons. The number of rotatable bonds is 3. The van der Waals surface area contributed by atoms with Crippen molar-refractivity contribution < 1.29 is 0 Å². The average Bonchev–Trinajstić information content (AvgIpc) is 3.23. The third kappa shape index (κ3) is 2.54. The standard InChI is InChI=1S/C17H23N7/c1-17(12-18)4-7-23(8-5-17)16-15-3-6-19-24(15)11-14(21-16)13-9-20-22(2)10-13/h3,6,9-11H,4-5,7-8,12,18H2,1-2H3. The Hall–Kier alpha value is -2.41. The lowest BCUT2D eigenvalue weighted by atomic mass is 9.80. The summed E-state index contributed by atoms with van der Waals surface area (Å²) in [6, 6.07) is 2.02. The minimum Gasteiger partial charge on any atom is -0.355 e. The van der Waals surface area contributed by atoms with Gasteiger partial charge in [-0.15, -0.1) is 0 Å². The fourth-order valence-electron chi connectivity index (χ4n) is 3.30. The molecule has 4 heterocycles. The van der Waals surface area contributed by atoms with Crippen LogP contribution in [-0.4, -0.2) is 44.0 Å². The van der Waals surface area contributed by atoms with Gasteiger partial charge in [0.15, 0.2) is 5.82 Å². The van der Waals surface area contributed by atoms with Crippen molar-refractivity contribution in [2.24, 2.45) is 18.2 Å². The fourth-order valence-corrected chi connectivity index (χ4v) is 3.30. The van der Waals surface area contributed by atoms with Crippen LogP contribution >= 0.6 is 0 Å². The molecule has 0 saturated carbocycles. The van der Waals surface area contributed by atoms with Gasteiger partial charge < -0.3 is 10.6 Å². The molecule has 0 spiro atoms. The lowest BCUT2D eigenvalue weighted by Gasteiger charge is -2.39. The van der Waals surface area contributed by atoms with Crippen LogP contribution in [-0.2, 0) is 7.05 Å². The van der Waals surface area contributed by atoms with Gasteiger partial charge in [-0.3, -0.25) is 4.68 Å². The first-order valence-electron chi connectivity index (χ1n) is 8.36. The lowest BCUT2D eigenvalue weighted by Crippen LogP contribution is -2.42. The number of hydrogen-bond donors (Lipinski definition) is 1. The highest BCUT2D eigenvalue weighted by molar-refractivity contribution is 5.72. The van der Waals surface area contributed by atoms with E-state index in [0.29, 0.717) is 0 Å². The van der Waals surface area contributed by atoms with Gasteiger partial charge in [-0.05, 0) is 30.9 Å². The van der Waals surface area contributed by atoms with Crippen molar-refractivity contribution in [1.82, 2.24) is 24.4 Å². The molecule has 0 atom stereocenters. The molecule has 1 fully saturated rings. The summed E-state index contributed by atoms with van der Waals surface area (Å²) < 4.78 is 3.69. The molecule has 0 bridgehead atoms. The quantitative estimate of drug-likeness (QED) is 0.793. The topological polar surface area (TPSA) is 77.3 Å². The molecule has 0 aliphatic carbocycles. The van der Waals surface area contributed by atoms with Crippen LogP contribution in [0.4, 0.5) is 5.82 Å². The Balaban J connectivity index is 1.73. The van der Waals surface area contributed by atoms with E-state index < -0.39 is 0 Å². The van der Waals surface area contributed by atoms with Crippen molar-refractivity contribution in [3.63, 3.8) is 0 Å². The van der Waals surface area contributed by atoms with Gasteiger partial charge >= 0.3 is 0 Å². The highest BCUT2D eigenvalue weighted by Crippen LogP contribution is 2.33. The zero-order valence-electron chi connectivity index (χ0n) is 14.2. The minimum absolute atomic E-state index is 0.244. The second kappa shape index (κ2) is 5.59. The van der Waals surface area contributed by atoms with E-state index in [0.717, 1.165) is 55.1 Å². The minimum atomic E-state index is 0.244. The van der Waals surface area contributed by atoms with E-state index in [1.165, 1.54) is 0 Å². The van der Waals surface area contributed by atoms with E-state index in [-0.39, 0.29) is 5.41 Å². The van der Waals surface area contributed by atoms with Gasteiger partial charge in [-0.25, -0.2) is 9.50 Å². The van der Waals surface area contributed by atoms with Gasteiger partial charge in [0.1, 0.15) is 5.52 Å². The second-order valence-electron chi connectivity index (χ2n) is 7.02. The Kier molecular flexibility index (Phi) is 3.53. The van der Waals surface area contributed by atoms with Crippen molar-refractivity contribution in [2.45, 2.75) is 19.8 Å². The third-order valence-electron chi connectivity index (χ3n) is 5.13. The van der Waals surface area contributed by atoms with E-state index in [4.69, 9.17) is 10.7 Å². The van der Waals surface area contributed by atoms with Gasteiger partial charge in [0, 0.05) is 31.9 Å². The van der Waals surface area contributed by atoms with Crippen LogP contribution in [0.2, 0.25) is 0 Å². The van der Waals surface area contributed by atoms with Crippen LogP contribution in [0, 0.1) is 5.41 Å². The molecule has 0 unspecified atom stereocenters. The zero-order valence-corrected chi connectivity index (χ0v) is 14.2. The first-order chi connectivity index (χ1) is 11.6. The van der Waals surface area contributed by atoms with Crippen LogP contribution in [0.1, 0.15) is 19.8 Å². The smallest absolute Gasteiger partial charge is 0.155 e. The molecule has 24 heavy (non-hydrogen) atoms. The molecular weight excluding hydrogens is 302 g/mol. The molecular formula is C17H23N7. The molecule has 4 rings (SSSR count). The maximum absolute atomic E-state index is 5.94. The Labute approximate surface area is 141 Å². The highest BCUT2D eigenvalue weighted by atomic mass is 15.3. The monoisotopic (exact) mass is 325 g/mol. The summed E-state index contributed by atoms with van der Waals surface area (Å²) in [7, 11) is 1.91. The summed E-state index contributed by atoms with van der Waals surface area (Å²) in [6.07, 6.45) is 9.77. The Morgan fingerprint density at radius 1 is 1.21 bits per heavy atom. The molecule has 2 N–H and O–H groups in total. The molecule has 1 aliphatic heterocycles. The van der Waals surface area contributed by atoms with Crippen LogP contribution in [0.15, 0.2) is 30.9 Å². The van der Waals surface area contributed by atoms with Crippen molar-refractivity contribution >= 4 is 11.3 Å². The number of aromatic nitrogens is 5. The maximum atomic E-state index is 5.94. The maximum Gasteiger partial charge on any atom is 0.155 e. The SMILES string of the molecule is Cn1cc(-c2cn3nccc3c(N3CCC(C)(CN)CC3)n2)cn1. The molecule has 3 aromatic heterocycles. The first-order valence-corrected chi connectivity index (χ1v) is 8.36. The molecule has 7 heteroatoms. The fraction of sp³-hybridized carbons (Fsp3) is 0.471. The normalized spacial score (nSPS) is 17.5. The van der Waals surface area contributed by atoms with Crippen LogP contribution in [0.25, 0.3) is 16.8 Å². The Morgan fingerprint density at radius 3 is 2.67 bits per heavy atom. The van der Waals surface area contributed by atoms with Gasteiger partial charge in [0.05, 0.1) is 24.3 Å². The van der Waals surface area contributed by atoms with E-state index in [1.807, 2.05) is 42.4 Å². The van der Waals surface area contributed by atoms with Crippen LogP contribution in [0.5, 0.6) is 0 Å². The van der Waals surface area contributed by atoms with E-state index in [1.54, 1.807) is 4.68 Å². The van der Waals surface area contributed by atoms with Gasteiger partial charge in [0.2, 0.25) is 0 Å². The number of aryl methyl sites for hydroxylation is 1. The zero-order chi connectivity index (χ0) is 16.7. The summed E-state index contributed by atoms with van der Waals surface area (Å²) in [4.78, 5) is 7.29. The molecule has 7 nitrogen and oxygen atoms in total. The number of anilines is 1. The summed E-state index contributed by atoms with van der Waals surface area (Å²) >= 11 is 0. The Bertz CT molecular complexity index is 855. The molecule has 126 valence electrons. The van der Waals surface area contributed by atoms with Crippen LogP contribution < -0.4 is 10.6 Å². The average molecular weight is 325 g/mol. The number of piperidine rings is 1. The summed E-state index contributed by atoms with van der Waals surface area (Å²) in [5.41, 5.74) is 9.12. The number of fused-ring (bicyclic) bond motifs is 1. The highest BCUT2D eigenvalue weighted by Gasteiger charge is 2.30. The molecule has 1 saturated heterocycles. The van der Waals surface area contributed by atoms with E-state index in [9.17, 15) is 0 Å². The third-order valence-corrected chi connectivity index (χ3v) is 5.13. The molecule has 3 aromatic rings. The molecule has 0 amide bonds. The number of nitrogens with zero attached hydrogens (tertiary/aromatic N) is 6. The predicted octanol–water partition coefficient (Wildman–Crippen LogP) is 1.69. The predicted molar refractivity (Wildman–Crippen MR) is 93.8 cm³/mol. The van der Waals surface area contributed by atoms with Crippen molar-refractivity contribution in [3.8, 4) is 11.3 Å². The largest absolute Gasteiger partial charge is 0.355 e.